The van der Waals surface area contributed by atoms with Crippen LogP contribution in [0.4, 0.5) is 11.4 Å². The molecule has 2 aromatic carbocycles. The summed E-state index contributed by atoms with van der Waals surface area (Å²) in [6.45, 7) is 1.71. The van der Waals surface area contributed by atoms with E-state index in [-0.39, 0.29) is 11.3 Å². The van der Waals surface area contributed by atoms with Crippen molar-refractivity contribution in [3.8, 4) is 6.07 Å². The zero-order chi connectivity index (χ0) is 17.7. The molecule has 6 nitrogen and oxygen atoms in total. The average Bonchev–Trinajstić information content (AvgIpc) is 2.56. The van der Waals surface area contributed by atoms with E-state index in [2.05, 4.69) is 21.2 Å². The second-order valence-electron chi connectivity index (χ2n) is 4.93. The molecule has 0 bridgehead atoms. The highest BCUT2D eigenvalue weighted by Crippen LogP contribution is 2.22. The molecule has 0 unspecified atom stereocenters. The van der Waals surface area contributed by atoms with Crippen LogP contribution in [0, 0.1) is 28.4 Å². The summed E-state index contributed by atoms with van der Waals surface area (Å²) in [6.07, 6.45) is 1.45. The van der Waals surface area contributed by atoms with Crippen LogP contribution in [-0.2, 0) is 4.79 Å². The Morgan fingerprint density at radius 2 is 1.96 bits per heavy atom. The lowest BCUT2D eigenvalue weighted by atomic mass is 10.1. The van der Waals surface area contributed by atoms with Gasteiger partial charge in [0.15, 0.2) is 0 Å². The molecule has 2 aromatic rings. The summed E-state index contributed by atoms with van der Waals surface area (Å²) >= 11 is 3.31. The Labute approximate surface area is 146 Å². The maximum Gasteiger partial charge on any atom is 0.271 e. The number of carbonyl (C=O) groups excluding carboxylic acids is 1. The van der Waals surface area contributed by atoms with Crippen molar-refractivity contribution < 1.29 is 9.72 Å². The van der Waals surface area contributed by atoms with E-state index < -0.39 is 10.8 Å². The maximum atomic E-state index is 12.3. The van der Waals surface area contributed by atoms with Crippen molar-refractivity contribution in [2.24, 2.45) is 0 Å². The van der Waals surface area contributed by atoms with Gasteiger partial charge in [0.05, 0.1) is 10.6 Å². The fourth-order valence-electron chi connectivity index (χ4n) is 1.92. The molecule has 24 heavy (non-hydrogen) atoms. The second-order valence-corrected chi connectivity index (χ2v) is 5.85. The van der Waals surface area contributed by atoms with Crippen molar-refractivity contribution in [2.45, 2.75) is 6.92 Å². The number of nitrogens with zero attached hydrogens (tertiary/aromatic N) is 2. The summed E-state index contributed by atoms with van der Waals surface area (Å²) in [5, 5.41) is 22.6. The number of nitrogens with one attached hydrogen (secondary N) is 1. The Balaban J connectivity index is 2.27. The van der Waals surface area contributed by atoms with Gasteiger partial charge in [-0.15, -0.1) is 0 Å². The molecule has 7 heteroatoms. The normalized spacial score (nSPS) is 10.8. The summed E-state index contributed by atoms with van der Waals surface area (Å²) in [5.74, 6) is -0.621. The van der Waals surface area contributed by atoms with Gasteiger partial charge in [0.25, 0.3) is 11.6 Å². The fraction of sp³-hybridized carbons (Fsp3) is 0.0588. The van der Waals surface area contributed by atoms with E-state index in [1.54, 1.807) is 31.2 Å². The lowest BCUT2D eigenvalue weighted by Crippen LogP contribution is -2.14. The highest BCUT2D eigenvalue weighted by molar-refractivity contribution is 9.10. The van der Waals surface area contributed by atoms with Crippen LogP contribution >= 0.6 is 15.9 Å². The number of nitriles is 1. The summed E-state index contributed by atoms with van der Waals surface area (Å²) < 4.78 is 0.884. The van der Waals surface area contributed by atoms with E-state index >= 15 is 0 Å². The van der Waals surface area contributed by atoms with Gasteiger partial charge < -0.3 is 5.32 Å². The van der Waals surface area contributed by atoms with E-state index in [1.807, 2.05) is 6.07 Å². The summed E-state index contributed by atoms with van der Waals surface area (Å²) in [6, 6.07) is 13.1. The van der Waals surface area contributed by atoms with Gasteiger partial charge >= 0.3 is 0 Å². The number of benzene rings is 2. The Morgan fingerprint density at radius 1 is 1.29 bits per heavy atom. The van der Waals surface area contributed by atoms with E-state index in [0.29, 0.717) is 16.8 Å². The molecule has 0 spiro atoms. The molecule has 2 rings (SSSR count). The minimum absolute atomic E-state index is 0.0942. The van der Waals surface area contributed by atoms with Gasteiger partial charge in [0, 0.05) is 16.6 Å². The fourth-order valence-corrected chi connectivity index (χ4v) is 2.19. The summed E-state index contributed by atoms with van der Waals surface area (Å²) in [7, 11) is 0. The number of amides is 1. The minimum Gasteiger partial charge on any atom is -0.321 e. The molecule has 120 valence electrons. The van der Waals surface area contributed by atoms with Crippen molar-refractivity contribution in [3.05, 3.63) is 73.8 Å². The SMILES string of the molecule is Cc1ccc([N+](=O)[O-])cc1NC(=O)/C(C#N)=C/c1ccc(Br)cc1. The van der Waals surface area contributed by atoms with Crippen LogP contribution in [0.25, 0.3) is 6.08 Å². The maximum absolute atomic E-state index is 12.3. The number of aryl methyl sites for hydroxylation is 1. The molecule has 1 amide bonds. The first-order valence-corrected chi connectivity index (χ1v) is 7.64. The van der Waals surface area contributed by atoms with Crippen molar-refractivity contribution in [1.82, 2.24) is 0 Å². The molecular weight excluding hydrogens is 374 g/mol. The standard InChI is InChI=1S/C17H12BrN3O3/c1-11-2-7-15(21(23)24)9-16(11)20-17(22)13(10-19)8-12-3-5-14(18)6-4-12/h2-9H,1H3,(H,20,22)/b13-8+. The Bertz CT molecular complexity index is 868. The van der Waals surface area contributed by atoms with E-state index in [0.717, 1.165) is 4.47 Å². The van der Waals surface area contributed by atoms with Crippen molar-refractivity contribution in [3.63, 3.8) is 0 Å². The number of nitro benzene ring substituents is 1. The average molecular weight is 386 g/mol. The quantitative estimate of drug-likeness (QED) is 0.368. The first kappa shape index (κ1) is 17.4. The zero-order valence-electron chi connectivity index (χ0n) is 12.6. The lowest BCUT2D eigenvalue weighted by molar-refractivity contribution is -0.384. The highest BCUT2D eigenvalue weighted by atomic mass is 79.9. The summed E-state index contributed by atoms with van der Waals surface area (Å²) in [4.78, 5) is 22.6. The molecule has 0 heterocycles. The molecule has 0 aliphatic carbocycles. The molecule has 0 aliphatic rings. The number of anilines is 1. The van der Waals surface area contributed by atoms with Gasteiger partial charge in [0.1, 0.15) is 11.6 Å². The van der Waals surface area contributed by atoms with Crippen LogP contribution < -0.4 is 5.32 Å². The second kappa shape index (κ2) is 7.53. The molecule has 0 atom stereocenters. The van der Waals surface area contributed by atoms with Gasteiger partial charge in [-0.3, -0.25) is 14.9 Å². The third-order valence-corrected chi connectivity index (χ3v) is 3.75. The molecule has 0 radical (unpaired) electrons. The molecule has 1 N–H and O–H groups in total. The topological polar surface area (TPSA) is 96.0 Å². The van der Waals surface area contributed by atoms with Crippen LogP contribution in [0.15, 0.2) is 52.5 Å². The third kappa shape index (κ3) is 4.27. The van der Waals surface area contributed by atoms with Crippen LogP contribution in [0.5, 0.6) is 0 Å². The number of non-ortho nitro benzene ring substituents is 1. The number of hydrogen-bond acceptors (Lipinski definition) is 4. The highest BCUT2D eigenvalue weighted by Gasteiger charge is 2.14. The van der Waals surface area contributed by atoms with Crippen LogP contribution in [0.2, 0.25) is 0 Å². The lowest BCUT2D eigenvalue weighted by Gasteiger charge is -2.07. The Morgan fingerprint density at radius 3 is 2.54 bits per heavy atom. The molecular formula is C17H12BrN3O3. The van der Waals surface area contributed by atoms with Crippen molar-refractivity contribution in [1.29, 1.82) is 5.26 Å². The van der Waals surface area contributed by atoms with Gasteiger partial charge in [-0.2, -0.15) is 5.26 Å². The van der Waals surface area contributed by atoms with Crippen LogP contribution in [-0.4, -0.2) is 10.8 Å². The van der Waals surface area contributed by atoms with Crippen molar-refractivity contribution >= 4 is 39.3 Å². The predicted octanol–water partition coefficient (Wildman–Crippen LogP) is 4.21. The van der Waals surface area contributed by atoms with Gasteiger partial charge in [-0.25, -0.2) is 0 Å². The van der Waals surface area contributed by atoms with E-state index in [1.165, 1.54) is 24.3 Å². The zero-order valence-corrected chi connectivity index (χ0v) is 14.2. The number of rotatable bonds is 4. The van der Waals surface area contributed by atoms with Gasteiger partial charge in [0.2, 0.25) is 0 Å². The third-order valence-electron chi connectivity index (χ3n) is 3.23. The summed E-state index contributed by atoms with van der Waals surface area (Å²) in [5.41, 5.74) is 1.43. The van der Waals surface area contributed by atoms with E-state index in [4.69, 9.17) is 0 Å². The first-order valence-electron chi connectivity index (χ1n) is 6.84. The molecule has 0 fully saturated rings. The Hall–Kier alpha value is -2.98. The van der Waals surface area contributed by atoms with Crippen molar-refractivity contribution in [2.75, 3.05) is 5.32 Å². The minimum atomic E-state index is -0.621. The van der Waals surface area contributed by atoms with Crippen LogP contribution in [0.1, 0.15) is 11.1 Å². The predicted molar refractivity (Wildman–Crippen MR) is 94.2 cm³/mol. The van der Waals surface area contributed by atoms with E-state index in [9.17, 15) is 20.2 Å². The molecule has 0 saturated heterocycles. The Kier molecular flexibility index (Phi) is 5.45. The number of halogens is 1. The molecule has 0 saturated carbocycles. The monoisotopic (exact) mass is 385 g/mol. The van der Waals surface area contributed by atoms with Gasteiger partial charge in [-0.05, 0) is 36.3 Å². The molecule has 0 aromatic heterocycles. The largest absolute Gasteiger partial charge is 0.321 e. The molecule has 0 aliphatic heterocycles. The number of carbonyl (C=O) groups is 1. The number of nitro groups is 1. The number of hydrogen-bond donors (Lipinski definition) is 1. The smallest absolute Gasteiger partial charge is 0.271 e. The van der Waals surface area contributed by atoms with Gasteiger partial charge in [-0.1, -0.05) is 34.1 Å². The van der Waals surface area contributed by atoms with Crippen LogP contribution in [0.3, 0.4) is 0 Å². The first-order chi connectivity index (χ1) is 11.4.